The Hall–Kier alpha value is -0.840. The summed E-state index contributed by atoms with van der Waals surface area (Å²) >= 11 is 5.62. The topological polar surface area (TPSA) is 55.1 Å². The van der Waals surface area contributed by atoms with E-state index in [1.165, 1.54) is 18.2 Å². The van der Waals surface area contributed by atoms with Gasteiger partial charge in [0.1, 0.15) is 5.82 Å². The van der Waals surface area contributed by atoms with Crippen molar-refractivity contribution < 1.29 is 9.18 Å². The van der Waals surface area contributed by atoms with Gasteiger partial charge in [-0.1, -0.05) is 24.4 Å². The monoisotopic (exact) mass is 308 g/mol. The number of rotatable bonds is 7. The molecule has 0 aliphatic carbocycles. The molecule has 0 heterocycles. The molecule has 1 rings (SSSR count). The zero-order chi connectivity index (χ0) is 13.4. The molecule has 3 N–H and O–H groups in total. The average Bonchev–Trinajstić information content (AvgIpc) is 2.34. The Labute approximate surface area is 124 Å². The summed E-state index contributed by atoms with van der Waals surface area (Å²) in [5, 5.41) is 2.70. The van der Waals surface area contributed by atoms with E-state index in [4.69, 9.17) is 17.3 Å². The Balaban J connectivity index is 0.00000324. The van der Waals surface area contributed by atoms with Crippen molar-refractivity contribution >= 4 is 35.6 Å². The fourth-order valence-corrected chi connectivity index (χ4v) is 1.76. The number of carbonyl (C=O) groups is 1. The van der Waals surface area contributed by atoms with E-state index in [2.05, 4.69) is 5.32 Å². The second-order valence-electron chi connectivity index (χ2n) is 4.13. The molecule has 1 aromatic rings. The molecule has 0 aliphatic rings. The molecule has 1 aromatic carbocycles. The lowest BCUT2D eigenvalue weighted by Crippen LogP contribution is -2.11. The number of amides is 1. The summed E-state index contributed by atoms with van der Waals surface area (Å²) in [5.74, 6) is -0.568. The number of nitrogens with two attached hydrogens (primary N) is 1. The highest BCUT2D eigenvalue weighted by Gasteiger charge is 2.05. The highest BCUT2D eigenvalue weighted by molar-refractivity contribution is 6.31. The van der Waals surface area contributed by atoms with Crippen LogP contribution in [0.2, 0.25) is 5.02 Å². The van der Waals surface area contributed by atoms with Crippen molar-refractivity contribution in [3.05, 3.63) is 29.0 Å². The van der Waals surface area contributed by atoms with Crippen molar-refractivity contribution in [2.24, 2.45) is 5.73 Å². The van der Waals surface area contributed by atoms with E-state index in [9.17, 15) is 9.18 Å². The number of unbranched alkanes of at least 4 members (excludes halogenated alkanes) is 3. The van der Waals surface area contributed by atoms with Crippen LogP contribution in [0.3, 0.4) is 0 Å². The van der Waals surface area contributed by atoms with Gasteiger partial charge in [-0.15, -0.1) is 12.4 Å². The van der Waals surface area contributed by atoms with Gasteiger partial charge in [-0.25, -0.2) is 4.39 Å². The molecule has 0 fully saturated rings. The van der Waals surface area contributed by atoms with Crippen LogP contribution in [0.15, 0.2) is 18.2 Å². The van der Waals surface area contributed by atoms with Crippen LogP contribution in [0.5, 0.6) is 0 Å². The van der Waals surface area contributed by atoms with Gasteiger partial charge in [0.05, 0.1) is 5.02 Å². The van der Waals surface area contributed by atoms with Crippen molar-refractivity contribution in [2.75, 3.05) is 11.9 Å². The number of benzene rings is 1. The lowest BCUT2D eigenvalue weighted by Gasteiger charge is -2.06. The quantitative estimate of drug-likeness (QED) is 0.754. The van der Waals surface area contributed by atoms with E-state index in [0.717, 1.165) is 25.7 Å². The maximum Gasteiger partial charge on any atom is 0.224 e. The first kappa shape index (κ1) is 18.2. The zero-order valence-electron chi connectivity index (χ0n) is 10.6. The molecule has 108 valence electrons. The number of hydrogen-bond acceptors (Lipinski definition) is 2. The van der Waals surface area contributed by atoms with E-state index in [0.29, 0.717) is 18.7 Å². The summed E-state index contributed by atoms with van der Waals surface area (Å²) in [4.78, 5) is 11.6. The highest BCUT2D eigenvalue weighted by atomic mass is 35.5. The fourth-order valence-electron chi connectivity index (χ4n) is 1.58. The van der Waals surface area contributed by atoms with Crippen LogP contribution in [0.1, 0.15) is 32.1 Å². The van der Waals surface area contributed by atoms with Gasteiger partial charge in [0, 0.05) is 12.1 Å². The molecule has 6 heteroatoms. The number of nitrogens with one attached hydrogen (secondary N) is 1. The Morgan fingerprint density at radius 1 is 1.26 bits per heavy atom. The lowest BCUT2D eigenvalue weighted by atomic mass is 10.1. The maximum absolute atomic E-state index is 12.9. The van der Waals surface area contributed by atoms with E-state index >= 15 is 0 Å². The minimum atomic E-state index is -0.489. The molecular formula is C13H19Cl2FN2O. The third kappa shape index (κ3) is 7.35. The number of carbonyl (C=O) groups excluding carboxylic acids is 1. The largest absolute Gasteiger partial charge is 0.330 e. The van der Waals surface area contributed by atoms with Gasteiger partial charge >= 0.3 is 0 Å². The molecule has 0 aliphatic heterocycles. The van der Waals surface area contributed by atoms with E-state index in [1.807, 2.05) is 0 Å². The third-order valence-corrected chi connectivity index (χ3v) is 2.85. The normalized spacial score (nSPS) is 9.84. The molecule has 0 saturated carbocycles. The fraction of sp³-hybridized carbons (Fsp3) is 0.462. The summed E-state index contributed by atoms with van der Waals surface area (Å²) in [6.07, 6.45) is 4.33. The maximum atomic E-state index is 12.9. The number of anilines is 1. The summed E-state index contributed by atoms with van der Waals surface area (Å²) < 4.78 is 12.9. The predicted molar refractivity (Wildman–Crippen MR) is 79.4 cm³/mol. The minimum absolute atomic E-state index is 0. The second-order valence-corrected chi connectivity index (χ2v) is 4.54. The van der Waals surface area contributed by atoms with Crippen LogP contribution < -0.4 is 11.1 Å². The predicted octanol–water partition coefficient (Wildman–Crippen LogP) is 3.75. The van der Waals surface area contributed by atoms with Crippen LogP contribution in [-0.4, -0.2) is 12.5 Å². The molecule has 0 spiro atoms. The standard InChI is InChI=1S/C13H18ClFN2O.ClH/c14-11-9-10(6-7-12(11)15)17-13(18)5-3-1-2-4-8-16;/h6-7,9H,1-5,8,16H2,(H,17,18);1H. The molecule has 0 bridgehead atoms. The molecule has 0 aromatic heterocycles. The first-order valence-electron chi connectivity index (χ1n) is 6.08. The van der Waals surface area contributed by atoms with Gasteiger partial charge in [0.25, 0.3) is 0 Å². The molecule has 1 amide bonds. The number of halogens is 3. The molecule has 0 radical (unpaired) electrons. The van der Waals surface area contributed by atoms with Gasteiger partial charge < -0.3 is 11.1 Å². The Morgan fingerprint density at radius 2 is 1.95 bits per heavy atom. The summed E-state index contributed by atoms with van der Waals surface area (Å²) in [6.45, 7) is 0.695. The minimum Gasteiger partial charge on any atom is -0.330 e. The van der Waals surface area contributed by atoms with Gasteiger partial charge in [0.15, 0.2) is 0 Å². The van der Waals surface area contributed by atoms with Gasteiger partial charge in [-0.05, 0) is 37.6 Å². The van der Waals surface area contributed by atoms with Crippen molar-refractivity contribution in [1.29, 1.82) is 0 Å². The van der Waals surface area contributed by atoms with E-state index < -0.39 is 5.82 Å². The summed E-state index contributed by atoms with van der Waals surface area (Å²) in [6, 6.07) is 4.13. The summed E-state index contributed by atoms with van der Waals surface area (Å²) in [7, 11) is 0. The number of hydrogen-bond donors (Lipinski definition) is 2. The van der Waals surface area contributed by atoms with E-state index in [1.54, 1.807) is 0 Å². The molecule has 3 nitrogen and oxygen atoms in total. The average molecular weight is 309 g/mol. The smallest absolute Gasteiger partial charge is 0.224 e. The van der Waals surface area contributed by atoms with Gasteiger partial charge in [-0.3, -0.25) is 4.79 Å². The Bertz CT molecular complexity index is 402. The molecule has 19 heavy (non-hydrogen) atoms. The van der Waals surface area contributed by atoms with Crippen molar-refractivity contribution in [3.8, 4) is 0 Å². The highest BCUT2D eigenvalue weighted by Crippen LogP contribution is 2.19. The molecule has 0 atom stereocenters. The molecule has 0 saturated heterocycles. The zero-order valence-corrected chi connectivity index (χ0v) is 12.2. The first-order valence-corrected chi connectivity index (χ1v) is 6.46. The lowest BCUT2D eigenvalue weighted by molar-refractivity contribution is -0.116. The van der Waals surface area contributed by atoms with Crippen LogP contribution >= 0.6 is 24.0 Å². The van der Waals surface area contributed by atoms with Crippen LogP contribution in [0, 0.1) is 5.82 Å². The van der Waals surface area contributed by atoms with Crippen LogP contribution in [0.4, 0.5) is 10.1 Å². The van der Waals surface area contributed by atoms with Crippen molar-refractivity contribution in [2.45, 2.75) is 32.1 Å². The Morgan fingerprint density at radius 3 is 2.58 bits per heavy atom. The SMILES string of the molecule is Cl.NCCCCCCC(=O)Nc1ccc(F)c(Cl)c1. The third-order valence-electron chi connectivity index (χ3n) is 2.56. The van der Waals surface area contributed by atoms with E-state index in [-0.39, 0.29) is 23.3 Å². The van der Waals surface area contributed by atoms with Crippen molar-refractivity contribution in [3.63, 3.8) is 0 Å². The Kier molecular flexibility index (Phi) is 9.57. The van der Waals surface area contributed by atoms with Crippen LogP contribution in [-0.2, 0) is 4.79 Å². The first-order chi connectivity index (χ1) is 8.63. The molecule has 0 unspecified atom stereocenters. The molecular weight excluding hydrogens is 290 g/mol. The van der Waals surface area contributed by atoms with Crippen LogP contribution in [0.25, 0.3) is 0 Å². The van der Waals surface area contributed by atoms with Gasteiger partial charge in [-0.2, -0.15) is 0 Å². The summed E-state index contributed by atoms with van der Waals surface area (Å²) in [5.41, 5.74) is 5.90. The van der Waals surface area contributed by atoms with Gasteiger partial charge in [0.2, 0.25) is 5.91 Å². The van der Waals surface area contributed by atoms with Crippen molar-refractivity contribution in [1.82, 2.24) is 0 Å². The second kappa shape index (κ2) is 10.0.